The average Bonchev–Trinajstić information content (AvgIpc) is 3.52. The van der Waals surface area contributed by atoms with Gasteiger partial charge in [-0.25, -0.2) is 9.67 Å². The van der Waals surface area contributed by atoms with Crippen molar-refractivity contribution in [2.24, 2.45) is 0 Å². The van der Waals surface area contributed by atoms with E-state index in [0.717, 1.165) is 18.5 Å². The molecule has 1 aliphatic carbocycles. The van der Waals surface area contributed by atoms with Crippen LogP contribution in [0.5, 0.6) is 0 Å². The molecule has 1 fully saturated rings. The Balaban J connectivity index is 1.40. The molecule has 1 aromatic carbocycles. The Hall–Kier alpha value is -1.89. The molecular formula is C22H27ClN4O9P2. The maximum Gasteiger partial charge on any atom is 0.340 e. The highest BCUT2D eigenvalue weighted by atomic mass is 35.5. The molecule has 206 valence electrons. The number of fused-ring (bicyclic) bond motifs is 2. The van der Waals surface area contributed by atoms with E-state index in [0.29, 0.717) is 5.39 Å². The van der Waals surface area contributed by atoms with Crippen molar-refractivity contribution in [3.63, 3.8) is 0 Å². The number of ether oxygens (including phenoxy) is 1. The van der Waals surface area contributed by atoms with Gasteiger partial charge in [0, 0.05) is 7.05 Å². The molecule has 0 radical (unpaired) electrons. The molecule has 0 spiro atoms. The number of halogens is 1. The number of nitrogens with zero attached hydrogens (tertiary/aromatic N) is 4. The summed E-state index contributed by atoms with van der Waals surface area (Å²) in [5.74, 6) is -1.39. The van der Waals surface area contributed by atoms with Crippen molar-refractivity contribution >= 4 is 43.5 Å². The van der Waals surface area contributed by atoms with Crippen LogP contribution in [0.2, 0.25) is 5.15 Å². The highest BCUT2D eigenvalue weighted by Gasteiger charge is 2.46. The highest BCUT2D eigenvalue weighted by molar-refractivity contribution is 7.70. The topological polar surface area (TPSA) is 188 Å². The van der Waals surface area contributed by atoms with Gasteiger partial charge < -0.3 is 39.1 Å². The minimum absolute atomic E-state index is 0.107. The largest absolute Gasteiger partial charge is 0.387 e. The van der Waals surface area contributed by atoms with Gasteiger partial charge in [0.2, 0.25) is 0 Å². The summed E-state index contributed by atoms with van der Waals surface area (Å²) >= 11 is 6.38. The number of aryl methyl sites for hydroxylation is 1. The van der Waals surface area contributed by atoms with Crippen LogP contribution in [0.25, 0.3) is 11.0 Å². The van der Waals surface area contributed by atoms with Gasteiger partial charge >= 0.3 is 15.2 Å². The minimum Gasteiger partial charge on any atom is -0.387 e. The Morgan fingerprint density at radius 3 is 2.68 bits per heavy atom. The number of pyridine rings is 1. The number of aliphatic hydroxyl groups excluding tert-OH is 2. The number of aliphatic hydroxyl groups is 2. The minimum atomic E-state index is -4.83. The fourth-order valence-electron chi connectivity index (χ4n) is 5.09. The molecule has 3 aromatic rings. The molecule has 5 N–H and O–H groups in total. The van der Waals surface area contributed by atoms with Crippen LogP contribution in [0.1, 0.15) is 29.8 Å². The second-order valence-corrected chi connectivity index (χ2v) is 13.8. The summed E-state index contributed by atoms with van der Waals surface area (Å²) < 4.78 is 34.8. The Kier molecular flexibility index (Phi) is 7.47. The standard InChI is InChI=1S/C22H27ClN4O9P2/c1-26(15-7-6-12-4-2-3-5-13(12)15)16-8-18(23)25-21-14(16)9-24-27(21)22-20(29)19(28)17(36-22)10-35-38(33,34)11-37(30,31)32/h2-5,8-9,15,17,19-20,22,28-29H,6-7,10-11H2,1H3,(H,33,34)(H2,30,31,32)/t15-,17?,19?,20?,22?/m0/s1. The van der Waals surface area contributed by atoms with Crippen LogP contribution in [-0.4, -0.2) is 77.5 Å². The first-order valence-electron chi connectivity index (χ1n) is 11.7. The summed E-state index contributed by atoms with van der Waals surface area (Å²) in [5.41, 5.74) is 3.57. The smallest absolute Gasteiger partial charge is 0.340 e. The number of rotatable bonds is 8. The van der Waals surface area contributed by atoms with Crippen molar-refractivity contribution in [1.82, 2.24) is 14.8 Å². The van der Waals surface area contributed by atoms with Crippen molar-refractivity contribution in [1.29, 1.82) is 0 Å². The number of hydrogen-bond acceptors (Lipinski definition) is 9. The number of anilines is 1. The monoisotopic (exact) mass is 588 g/mol. The van der Waals surface area contributed by atoms with Crippen LogP contribution in [0.3, 0.4) is 0 Å². The first kappa shape index (κ1) is 27.7. The molecule has 1 saturated heterocycles. The van der Waals surface area contributed by atoms with Crippen LogP contribution in [0, 0.1) is 0 Å². The van der Waals surface area contributed by atoms with Crippen LogP contribution in [-0.2, 0) is 24.8 Å². The number of aromatic nitrogens is 3. The zero-order valence-corrected chi connectivity index (χ0v) is 22.7. The molecule has 13 nitrogen and oxygen atoms in total. The van der Waals surface area contributed by atoms with E-state index in [1.54, 1.807) is 12.3 Å². The zero-order valence-electron chi connectivity index (χ0n) is 20.1. The Morgan fingerprint density at radius 1 is 1.21 bits per heavy atom. The summed E-state index contributed by atoms with van der Waals surface area (Å²) in [6, 6.07) is 10.1. The van der Waals surface area contributed by atoms with E-state index in [-0.39, 0.29) is 16.8 Å². The highest BCUT2D eigenvalue weighted by Crippen LogP contribution is 2.55. The first-order chi connectivity index (χ1) is 17.8. The zero-order chi connectivity index (χ0) is 27.4. The van der Waals surface area contributed by atoms with E-state index in [9.17, 15) is 24.2 Å². The lowest BCUT2D eigenvalue weighted by Crippen LogP contribution is -2.33. The molecule has 0 amide bonds. The van der Waals surface area contributed by atoms with E-state index >= 15 is 0 Å². The molecule has 2 aliphatic rings. The summed E-state index contributed by atoms with van der Waals surface area (Å²) in [7, 11) is -7.56. The fourth-order valence-corrected chi connectivity index (χ4v) is 7.84. The van der Waals surface area contributed by atoms with Gasteiger partial charge in [0.05, 0.1) is 29.9 Å². The van der Waals surface area contributed by atoms with Crippen molar-refractivity contribution in [2.45, 2.75) is 43.4 Å². The van der Waals surface area contributed by atoms with Crippen molar-refractivity contribution in [3.05, 3.63) is 52.8 Å². The Labute approximate surface area is 222 Å². The third kappa shape index (κ3) is 5.41. The van der Waals surface area contributed by atoms with Crippen molar-refractivity contribution in [2.75, 3.05) is 24.5 Å². The van der Waals surface area contributed by atoms with Crippen LogP contribution >= 0.6 is 26.8 Å². The fraction of sp³-hybridized carbons (Fsp3) is 0.455. The maximum atomic E-state index is 12.0. The van der Waals surface area contributed by atoms with E-state index in [2.05, 4.69) is 27.1 Å². The molecule has 5 unspecified atom stereocenters. The molecule has 38 heavy (non-hydrogen) atoms. The molecular weight excluding hydrogens is 562 g/mol. The van der Waals surface area contributed by atoms with Gasteiger partial charge in [0.25, 0.3) is 0 Å². The summed E-state index contributed by atoms with van der Waals surface area (Å²) in [6.07, 6.45) is -2.18. The third-order valence-electron chi connectivity index (χ3n) is 6.84. The van der Waals surface area contributed by atoms with Crippen LogP contribution < -0.4 is 4.90 Å². The van der Waals surface area contributed by atoms with Crippen molar-refractivity contribution in [3.8, 4) is 0 Å². The van der Waals surface area contributed by atoms with Crippen molar-refractivity contribution < 1.29 is 43.3 Å². The normalized spacial score (nSPS) is 27.0. The van der Waals surface area contributed by atoms with Gasteiger partial charge in [-0.1, -0.05) is 35.9 Å². The van der Waals surface area contributed by atoms with E-state index in [4.69, 9.17) is 30.6 Å². The second-order valence-electron chi connectivity index (χ2n) is 9.44. The number of hydrogen-bond donors (Lipinski definition) is 5. The SMILES string of the molecule is CN(c1cc(Cl)nc2c1cnn2C1OC(COP(=O)(O)CP(=O)(O)O)C(O)C1O)[C@H]1CCc2ccccc21. The van der Waals surface area contributed by atoms with Crippen LogP contribution in [0.4, 0.5) is 5.69 Å². The molecule has 16 heteroatoms. The summed E-state index contributed by atoms with van der Waals surface area (Å²) in [4.78, 5) is 34.1. The average molecular weight is 589 g/mol. The van der Waals surface area contributed by atoms with E-state index in [1.807, 2.05) is 19.2 Å². The lowest BCUT2D eigenvalue weighted by Gasteiger charge is -2.28. The van der Waals surface area contributed by atoms with Gasteiger partial charge in [-0.3, -0.25) is 9.13 Å². The van der Waals surface area contributed by atoms with Gasteiger partial charge in [-0.2, -0.15) is 5.10 Å². The van der Waals surface area contributed by atoms with Gasteiger partial charge in [0.1, 0.15) is 23.5 Å². The lowest BCUT2D eigenvalue weighted by atomic mass is 10.1. The third-order valence-corrected chi connectivity index (χ3v) is 10.5. The molecule has 1 aliphatic heterocycles. The van der Waals surface area contributed by atoms with E-state index in [1.165, 1.54) is 15.8 Å². The predicted octanol–water partition coefficient (Wildman–Crippen LogP) is 2.16. The Bertz CT molecular complexity index is 1450. The molecule has 0 bridgehead atoms. The number of benzene rings is 1. The first-order valence-corrected chi connectivity index (χ1v) is 15.7. The maximum absolute atomic E-state index is 12.0. The molecule has 3 heterocycles. The lowest BCUT2D eigenvalue weighted by molar-refractivity contribution is -0.0541. The van der Waals surface area contributed by atoms with Gasteiger partial charge in [0.15, 0.2) is 17.8 Å². The Morgan fingerprint density at radius 2 is 1.95 bits per heavy atom. The quantitative estimate of drug-likeness (QED) is 0.191. The summed E-state index contributed by atoms with van der Waals surface area (Å²) in [5, 5.41) is 26.3. The molecule has 6 atom stereocenters. The van der Waals surface area contributed by atoms with E-state index < -0.39 is 52.2 Å². The predicted molar refractivity (Wildman–Crippen MR) is 137 cm³/mol. The molecule has 2 aromatic heterocycles. The summed E-state index contributed by atoms with van der Waals surface area (Å²) in [6.45, 7) is -0.703. The van der Waals surface area contributed by atoms with Crippen LogP contribution in [0.15, 0.2) is 36.5 Å². The van der Waals surface area contributed by atoms with Gasteiger partial charge in [-0.05, 0) is 30.0 Å². The molecule has 5 rings (SSSR count). The second kappa shape index (κ2) is 10.3. The van der Waals surface area contributed by atoms with Gasteiger partial charge in [-0.15, -0.1) is 0 Å². The molecule has 0 saturated carbocycles.